The number of hydrogen-bond acceptors (Lipinski definition) is 4. The lowest BCUT2D eigenvalue weighted by Gasteiger charge is -2.22. The number of fused-ring (bicyclic) bond motifs is 3. The third-order valence-electron chi connectivity index (χ3n) is 4.48. The molecule has 0 bridgehead atoms. The van der Waals surface area contributed by atoms with Gasteiger partial charge in [-0.15, -0.1) is 10.2 Å². The van der Waals surface area contributed by atoms with Crippen LogP contribution in [0.4, 0.5) is 5.82 Å². The lowest BCUT2D eigenvalue weighted by molar-refractivity contribution is 0.0957. The molecule has 0 saturated heterocycles. The van der Waals surface area contributed by atoms with Crippen LogP contribution >= 0.6 is 0 Å². The number of hydrogen-bond donors (Lipinski definition) is 1. The quantitative estimate of drug-likeness (QED) is 0.785. The van der Waals surface area contributed by atoms with Gasteiger partial charge in [-0.05, 0) is 34.4 Å². The minimum absolute atomic E-state index is 0.231. The van der Waals surface area contributed by atoms with E-state index in [1.54, 1.807) is 13.1 Å². The van der Waals surface area contributed by atoms with Crippen molar-refractivity contribution in [1.82, 2.24) is 15.5 Å². The first-order chi connectivity index (χ1) is 12.3. The molecule has 5 nitrogen and oxygen atoms in total. The van der Waals surface area contributed by atoms with Crippen LogP contribution in [0.3, 0.4) is 0 Å². The Balaban J connectivity index is 1.74. The molecular weight excluding hydrogens is 312 g/mol. The highest BCUT2D eigenvalue weighted by molar-refractivity contribution is 5.91. The molecule has 25 heavy (non-hydrogen) atoms. The predicted molar refractivity (Wildman–Crippen MR) is 97.2 cm³/mol. The van der Waals surface area contributed by atoms with Crippen LogP contribution in [0.2, 0.25) is 0 Å². The molecule has 5 heteroatoms. The van der Waals surface area contributed by atoms with Crippen molar-refractivity contribution in [2.24, 2.45) is 0 Å². The Bertz CT molecular complexity index is 873. The van der Waals surface area contributed by atoms with E-state index in [0.29, 0.717) is 5.69 Å². The van der Waals surface area contributed by atoms with Crippen LogP contribution in [-0.4, -0.2) is 23.2 Å². The molecule has 1 amide bonds. The Kier molecular flexibility index (Phi) is 3.90. The highest BCUT2D eigenvalue weighted by Gasteiger charge is 2.20. The number of carbonyl (C=O) groups excluding carboxylic acids is 1. The summed E-state index contributed by atoms with van der Waals surface area (Å²) < 4.78 is 0. The number of rotatable bonds is 2. The van der Waals surface area contributed by atoms with Gasteiger partial charge in [0.25, 0.3) is 5.91 Å². The van der Waals surface area contributed by atoms with Crippen molar-refractivity contribution >= 4 is 11.7 Å². The molecule has 1 N–H and O–H groups in total. The van der Waals surface area contributed by atoms with Crippen LogP contribution in [0.25, 0.3) is 11.1 Å². The van der Waals surface area contributed by atoms with Gasteiger partial charge >= 0.3 is 0 Å². The first-order valence-electron chi connectivity index (χ1n) is 8.23. The SMILES string of the molecule is CNC(=O)c1ccc(N2Cc3ccccc3-c3ccccc3C2)nn1. The molecule has 124 valence electrons. The summed E-state index contributed by atoms with van der Waals surface area (Å²) in [6.07, 6.45) is 0. The third-order valence-corrected chi connectivity index (χ3v) is 4.48. The maximum atomic E-state index is 11.7. The highest BCUT2D eigenvalue weighted by atomic mass is 16.1. The van der Waals surface area contributed by atoms with E-state index in [4.69, 9.17) is 0 Å². The van der Waals surface area contributed by atoms with E-state index < -0.39 is 0 Å². The summed E-state index contributed by atoms with van der Waals surface area (Å²) in [7, 11) is 1.58. The van der Waals surface area contributed by atoms with Gasteiger partial charge < -0.3 is 10.2 Å². The normalized spacial score (nSPS) is 12.8. The Morgan fingerprint density at radius 3 is 2.00 bits per heavy atom. The Labute approximate surface area is 146 Å². The summed E-state index contributed by atoms with van der Waals surface area (Å²) in [5.74, 6) is 0.532. The standard InChI is InChI=1S/C20H18N4O/c1-21-20(25)18-10-11-19(23-22-18)24-12-14-6-2-4-8-16(14)17-9-5-3-7-15(17)13-24/h2-11H,12-13H2,1H3,(H,21,25). The number of carbonyl (C=O) groups is 1. The number of anilines is 1. The number of nitrogens with zero attached hydrogens (tertiary/aromatic N) is 3. The highest BCUT2D eigenvalue weighted by Crippen LogP contribution is 2.33. The fraction of sp³-hybridized carbons (Fsp3) is 0.150. The van der Waals surface area contributed by atoms with Gasteiger partial charge in [-0.2, -0.15) is 0 Å². The van der Waals surface area contributed by atoms with Gasteiger partial charge in [0.15, 0.2) is 11.5 Å². The maximum Gasteiger partial charge on any atom is 0.271 e. The molecule has 0 aliphatic carbocycles. The van der Waals surface area contributed by atoms with E-state index in [1.807, 2.05) is 6.07 Å². The molecule has 3 aromatic rings. The average molecular weight is 330 g/mol. The number of benzene rings is 2. The summed E-state index contributed by atoms with van der Waals surface area (Å²) in [6.45, 7) is 1.50. The van der Waals surface area contributed by atoms with Crippen molar-refractivity contribution in [2.45, 2.75) is 13.1 Å². The smallest absolute Gasteiger partial charge is 0.271 e. The second-order valence-electron chi connectivity index (χ2n) is 6.03. The van der Waals surface area contributed by atoms with E-state index in [9.17, 15) is 4.79 Å². The summed E-state index contributed by atoms with van der Waals surface area (Å²) >= 11 is 0. The molecule has 4 rings (SSSR count). The lowest BCUT2D eigenvalue weighted by atomic mass is 9.97. The second kappa shape index (κ2) is 6.36. The Morgan fingerprint density at radius 1 is 0.880 bits per heavy atom. The molecule has 0 unspecified atom stereocenters. The fourth-order valence-electron chi connectivity index (χ4n) is 3.21. The number of nitrogens with one attached hydrogen (secondary N) is 1. The van der Waals surface area contributed by atoms with E-state index in [-0.39, 0.29) is 5.91 Å². The first kappa shape index (κ1) is 15.3. The van der Waals surface area contributed by atoms with Crippen molar-refractivity contribution in [1.29, 1.82) is 0 Å². The molecule has 2 aromatic carbocycles. The number of aromatic nitrogens is 2. The Hall–Kier alpha value is -3.21. The average Bonchev–Trinajstić information content (AvgIpc) is 2.84. The van der Waals surface area contributed by atoms with E-state index >= 15 is 0 Å². The number of amides is 1. The summed E-state index contributed by atoms with van der Waals surface area (Å²) in [4.78, 5) is 13.8. The molecule has 0 saturated carbocycles. The first-order valence-corrected chi connectivity index (χ1v) is 8.23. The molecule has 1 aromatic heterocycles. The minimum Gasteiger partial charge on any atom is -0.354 e. The van der Waals surface area contributed by atoms with Gasteiger partial charge in [0, 0.05) is 20.1 Å². The fourth-order valence-corrected chi connectivity index (χ4v) is 3.21. The van der Waals surface area contributed by atoms with Crippen molar-refractivity contribution < 1.29 is 4.79 Å². The molecule has 1 aliphatic heterocycles. The van der Waals surface area contributed by atoms with Gasteiger partial charge in [-0.3, -0.25) is 4.79 Å². The summed E-state index contributed by atoms with van der Waals surface area (Å²) in [6, 6.07) is 20.5. The van der Waals surface area contributed by atoms with Crippen molar-refractivity contribution in [3.05, 3.63) is 77.5 Å². The molecule has 0 atom stereocenters. The minimum atomic E-state index is -0.231. The topological polar surface area (TPSA) is 58.1 Å². The van der Waals surface area contributed by atoms with Crippen LogP contribution in [0.5, 0.6) is 0 Å². The monoisotopic (exact) mass is 330 g/mol. The second-order valence-corrected chi connectivity index (χ2v) is 6.03. The summed E-state index contributed by atoms with van der Waals surface area (Å²) in [5.41, 5.74) is 5.35. The van der Waals surface area contributed by atoms with Crippen LogP contribution in [-0.2, 0) is 13.1 Å². The third kappa shape index (κ3) is 2.85. The van der Waals surface area contributed by atoms with Crippen molar-refractivity contribution in [3.8, 4) is 11.1 Å². The van der Waals surface area contributed by atoms with Gasteiger partial charge in [0.2, 0.25) is 0 Å². The van der Waals surface area contributed by atoms with E-state index in [2.05, 4.69) is 68.9 Å². The Morgan fingerprint density at radius 2 is 1.48 bits per heavy atom. The van der Waals surface area contributed by atoms with Crippen LogP contribution in [0, 0.1) is 0 Å². The predicted octanol–water partition coefficient (Wildman–Crippen LogP) is 3.02. The maximum absolute atomic E-state index is 11.7. The largest absolute Gasteiger partial charge is 0.354 e. The molecule has 0 spiro atoms. The summed E-state index contributed by atoms with van der Waals surface area (Å²) in [5, 5.41) is 10.9. The van der Waals surface area contributed by atoms with Crippen LogP contribution in [0.15, 0.2) is 60.7 Å². The van der Waals surface area contributed by atoms with Gasteiger partial charge in [0.1, 0.15) is 0 Å². The molecule has 0 fully saturated rings. The van der Waals surface area contributed by atoms with E-state index in [1.165, 1.54) is 22.3 Å². The van der Waals surface area contributed by atoms with Gasteiger partial charge in [-0.1, -0.05) is 48.5 Å². The molecule has 1 aliphatic rings. The zero-order chi connectivity index (χ0) is 17.2. The molecule has 0 radical (unpaired) electrons. The molecular formula is C20H18N4O. The van der Waals surface area contributed by atoms with Crippen molar-refractivity contribution in [3.63, 3.8) is 0 Å². The van der Waals surface area contributed by atoms with Crippen LogP contribution in [0.1, 0.15) is 21.6 Å². The molecule has 2 heterocycles. The van der Waals surface area contributed by atoms with Crippen LogP contribution < -0.4 is 10.2 Å². The van der Waals surface area contributed by atoms with E-state index in [0.717, 1.165) is 18.9 Å². The zero-order valence-corrected chi connectivity index (χ0v) is 13.9. The van der Waals surface area contributed by atoms with Gasteiger partial charge in [0.05, 0.1) is 0 Å². The zero-order valence-electron chi connectivity index (χ0n) is 13.9. The van der Waals surface area contributed by atoms with Crippen molar-refractivity contribution in [2.75, 3.05) is 11.9 Å². The lowest BCUT2D eigenvalue weighted by Crippen LogP contribution is -2.24. The van der Waals surface area contributed by atoms with Gasteiger partial charge in [-0.25, -0.2) is 0 Å².